The lowest BCUT2D eigenvalue weighted by atomic mass is 9.86. The highest BCUT2D eigenvalue weighted by Gasteiger charge is 2.54. The van der Waals surface area contributed by atoms with E-state index >= 15 is 0 Å². The van der Waals surface area contributed by atoms with Gasteiger partial charge < -0.3 is 21.0 Å². The van der Waals surface area contributed by atoms with Gasteiger partial charge in [-0.25, -0.2) is 9.78 Å². The molecule has 0 spiro atoms. The number of thioether (sulfide) groups is 1. The van der Waals surface area contributed by atoms with Crippen molar-refractivity contribution in [3.8, 4) is 0 Å². The minimum atomic E-state index is -0.920. The molecule has 14 heteroatoms. The Labute approximate surface area is 200 Å². The van der Waals surface area contributed by atoms with Crippen LogP contribution in [-0.4, -0.2) is 62.8 Å². The van der Waals surface area contributed by atoms with E-state index in [2.05, 4.69) is 20.4 Å². The van der Waals surface area contributed by atoms with Gasteiger partial charge in [-0.1, -0.05) is 39.9 Å². The molecule has 4 N–H and O–H groups in total. The molecule has 0 aromatic carbocycles. The fourth-order valence-corrected chi connectivity index (χ4v) is 5.61. The minimum Gasteiger partial charge on any atom is -0.464 e. The number of rotatable bonds is 6. The number of oxime groups is 1. The first-order valence-electron chi connectivity index (χ1n) is 9.53. The van der Waals surface area contributed by atoms with Crippen LogP contribution < -0.4 is 11.1 Å². The van der Waals surface area contributed by atoms with Crippen LogP contribution in [0.5, 0.6) is 0 Å². The van der Waals surface area contributed by atoms with Gasteiger partial charge in [0.25, 0.3) is 11.8 Å². The van der Waals surface area contributed by atoms with E-state index < -0.39 is 35.6 Å². The number of carbonyl (C=O) groups excluding carboxylic acids is 3. The number of ether oxygens (including phenoxy) is 1. The zero-order valence-electron chi connectivity index (χ0n) is 17.0. The number of pyridine rings is 1. The average Bonchev–Trinajstić information content (AvgIpc) is 3.15. The molecule has 33 heavy (non-hydrogen) atoms. The van der Waals surface area contributed by atoms with Gasteiger partial charge in [-0.2, -0.15) is 0 Å². The highest BCUT2D eigenvalue weighted by atomic mass is 35.5. The van der Waals surface area contributed by atoms with Gasteiger partial charge in [0.2, 0.25) is 0 Å². The fraction of sp³-hybridized carbons (Fsp3) is 0.263. The molecule has 0 aliphatic carbocycles. The molecule has 2 aromatic heterocycles. The number of nitrogens with zero attached hydrogens (tertiary/aromatic N) is 4. The summed E-state index contributed by atoms with van der Waals surface area (Å²) in [4.78, 5) is 49.0. The number of carbonyl (C=O) groups is 3. The number of methoxy groups -OCH3 is 1. The van der Waals surface area contributed by atoms with Crippen molar-refractivity contribution in [1.82, 2.24) is 20.2 Å². The molecular weight excluding hydrogens is 492 g/mol. The van der Waals surface area contributed by atoms with Gasteiger partial charge in [-0.05, 0) is 25.0 Å². The van der Waals surface area contributed by atoms with Crippen molar-refractivity contribution in [1.29, 1.82) is 0 Å². The Morgan fingerprint density at radius 1 is 1.42 bits per heavy atom. The van der Waals surface area contributed by atoms with Crippen molar-refractivity contribution in [2.75, 3.05) is 12.8 Å². The number of nitrogens with one attached hydrogen (secondary N) is 1. The van der Waals surface area contributed by atoms with E-state index in [1.165, 1.54) is 23.8 Å². The number of hydrogen-bond acceptors (Lipinski definition) is 11. The number of anilines is 1. The summed E-state index contributed by atoms with van der Waals surface area (Å²) in [5.74, 6) is -1.97. The van der Waals surface area contributed by atoms with E-state index in [0.29, 0.717) is 17.7 Å². The number of amides is 2. The Morgan fingerprint density at radius 3 is 2.76 bits per heavy atom. The second-order valence-electron chi connectivity index (χ2n) is 6.94. The van der Waals surface area contributed by atoms with Gasteiger partial charge in [-0.15, -0.1) is 0 Å². The van der Waals surface area contributed by atoms with Gasteiger partial charge in [0.1, 0.15) is 21.8 Å². The number of esters is 1. The number of aromatic nitrogens is 2. The van der Waals surface area contributed by atoms with Crippen LogP contribution in [0.2, 0.25) is 4.34 Å². The number of hydrogen-bond donors (Lipinski definition) is 3. The van der Waals surface area contributed by atoms with E-state index in [1.54, 1.807) is 24.5 Å². The summed E-state index contributed by atoms with van der Waals surface area (Å²) < 4.78 is 4.99. The van der Waals surface area contributed by atoms with Crippen LogP contribution in [0.3, 0.4) is 0 Å². The van der Waals surface area contributed by atoms with Crippen LogP contribution in [-0.2, 0) is 19.1 Å². The Morgan fingerprint density at radius 2 is 2.15 bits per heavy atom. The van der Waals surface area contributed by atoms with Crippen LogP contribution in [0.1, 0.15) is 18.5 Å². The van der Waals surface area contributed by atoms with Gasteiger partial charge in [0.15, 0.2) is 10.8 Å². The molecule has 2 amide bonds. The van der Waals surface area contributed by atoms with Crippen LogP contribution in [0.4, 0.5) is 5.13 Å². The van der Waals surface area contributed by atoms with Gasteiger partial charge in [0.05, 0.1) is 13.2 Å². The highest BCUT2D eigenvalue weighted by molar-refractivity contribution is 8.03. The monoisotopic (exact) mass is 508 g/mol. The SMILES string of the molecule is COC(=O)C1=C(Sc2ccncc2)CCC2C(NC(=O)/C(=N\O)c3nc(N)sc3Cl)C(=O)N12. The second-order valence-corrected chi connectivity index (χ2v) is 9.74. The van der Waals surface area contributed by atoms with Crippen molar-refractivity contribution in [3.63, 3.8) is 0 Å². The molecule has 0 bridgehead atoms. The first-order chi connectivity index (χ1) is 15.8. The Balaban J connectivity index is 1.55. The van der Waals surface area contributed by atoms with E-state index in [1.807, 2.05) is 0 Å². The molecule has 2 aliphatic heterocycles. The van der Waals surface area contributed by atoms with Gasteiger partial charge in [0, 0.05) is 22.2 Å². The Bertz CT molecular complexity index is 1180. The van der Waals surface area contributed by atoms with Crippen molar-refractivity contribution in [2.24, 2.45) is 5.16 Å². The third kappa shape index (κ3) is 4.26. The normalized spacial score (nSPS) is 20.2. The molecule has 2 aromatic rings. The average molecular weight is 509 g/mol. The topological polar surface area (TPSA) is 160 Å². The van der Waals surface area contributed by atoms with Crippen LogP contribution in [0, 0.1) is 0 Å². The molecule has 172 valence electrons. The summed E-state index contributed by atoms with van der Waals surface area (Å²) in [6.45, 7) is 0. The zero-order valence-corrected chi connectivity index (χ0v) is 19.4. The first kappa shape index (κ1) is 23.0. The van der Waals surface area contributed by atoms with Crippen molar-refractivity contribution >= 4 is 63.3 Å². The molecule has 4 rings (SSSR count). The number of halogens is 1. The molecule has 2 aliphatic rings. The van der Waals surface area contributed by atoms with E-state index in [9.17, 15) is 19.6 Å². The maximum Gasteiger partial charge on any atom is 0.355 e. The summed E-state index contributed by atoms with van der Waals surface area (Å²) in [6, 6.07) is 2.21. The first-order valence-corrected chi connectivity index (χ1v) is 11.5. The number of thiazole rings is 1. The summed E-state index contributed by atoms with van der Waals surface area (Å²) in [5, 5.41) is 14.9. The van der Waals surface area contributed by atoms with Gasteiger partial charge in [-0.3, -0.25) is 19.5 Å². The third-order valence-electron chi connectivity index (χ3n) is 5.09. The minimum absolute atomic E-state index is 0.0726. The number of allylic oxidation sites excluding steroid dienone is 1. The van der Waals surface area contributed by atoms with Crippen LogP contribution in [0.15, 0.2) is 45.2 Å². The van der Waals surface area contributed by atoms with E-state index in [4.69, 9.17) is 22.1 Å². The zero-order chi connectivity index (χ0) is 23.7. The van der Waals surface area contributed by atoms with Crippen molar-refractivity contribution < 1.29 is 24.3 Å². The molecule has 1 saturated heterocycles. The molecule has 2 unspecified atom stereocenters. The predicted octanol–water partition coefficient (Wildman–Crippen LogP) is 1.62. The van der Waals surface area contributed by atoms with Crippen molar-refractivity contribution in [3.05, 3.63) is 45.2 Å². The molecule has 1 fully saturated rings. The number of nitrogen functional groups attached to an aromatic ring is 1. The Kier molecular flexibility index (Phi) is 6.54. The fourth-order valence-electron chi connectivity index (χ4n) is 3.64. The summed E-state index contributed by atoms with van der Waals surface area (Å²) in [5.41, 5.74) is 5.18. The van der Waals surface area contributed by atoms with Crippen LogP contribution >= 0.6 is 34.7 Å². The maximum atomic E-state index is 13.0. The molecule has 2 atom stereocenters. The molecule has 11 nitrogen and oxygen atoms in total. The maximum absolute atomic E-state index is 13.0. The summed E-state index contributed by atoms with van der Waals surface area (Å²) >= 11 is 8.27. The van der Waals surface area contributed by atoms with Crippen LogP contribution in [0.25, 0.3) is 0 Å². The summed E-state index contributed by atoms with van der Waals surface area (Å²) in [6.07, 6.45) is 4.26. The lowest BCUT2D eigenvalue weighted by molar-refractivity contribution is -0.156. The molecule has 4 heterocycles. The second kappa shape index (κ2) is 9.37. The molecule has 0 saturated carbocycles. The number of fused-ring (bicyclic) bond motifs is 1. The molecule has 0 radical (unpaired) electrons. The standard InChI is InChI=1S/C19H17ClN6O5S2/c1-31-18(29)14-10(32-8-4-6-22-7-5-8)3-2-9-11(17(28)26(9)14)23-16(27)13(25-30)12-15(20)33-19(21)24-12/h4-7,9,11,30H,2-3H2,1H3,(H2,21,24)(H,23,27)/b25-13-. The smallest absolute Gasteiger partial charge is 0.355 e. The van der Waals surface area contributed by atoms with E-state index in [0.717, 1.165) is 16.2 Å². The van der Waals surface area contributed by atoms with Gasteiger partial charge >= 0.3 is 5.97 Å². The molecular formula is C19H17ClN6O5S2. The lowest BCUT2D eigenvalue weighted by Crippen LogP contribution is -2.72. The predicted molar refractivity (Wildman–Crippen MR) is 121 cm³/mol. The largest absolute Gasteiger partial charge is 0.464 e. The lowest BCUT2D eigenvalue weighted by Gasteiger charge is -2.50. The quantitative estimate of drug-likeness (QED) is 0.173. The third-order valence-corrected chi connectivity index (χ3v) is 7.33. The summed E-state index contributed by atoms with van der Waals surface area (Å²) in [7, 11) is 1.24. The number of β-lactam (4-membered cyclic amide) rings is 1. The van der Waals surface area contributed by atoms with E-state index in [-0.39, 0.29) is 20.9 Å². The van der Waals surface area contributed by atoms with Crippen molar-refractivity contribution in [2.45, 2.75) is 29.8 Å². The highest BCUT2D eigenvalue weighted by Crippen LogP contribution is 2.43. The number of nitrogens with two attached hydrogens (primary N) is 1. The Hall–Kier alpha value is -3.16.